The Morgan fingerprint density at radius 2 is 1.97 bits per heavy atom. The highest BCUT2D eigenvalue weighted by Gasteiger charge is 2.18. The third kappa shape index (κ3) is 6.57. The summed E-state index contributed by atoms with van der Waals surface area (Å²) in [6, 6.07) is 8.98. The zero-order valence-corrected chi connectivity index (χ0v) is 20.6. The smallest absolute Gasteiger partial charge is 0.321 e. The van der Waals surface area contributed by atoms with Gasteiger partial charge in [-0.15, -0.1) is 0 Å². The second-order valence-corrected chi connectivity index (χ2v) is 9.16. The third-order valence-corrected chi connectivity index (χ3v) is 6.36. The summed E-state index contributed by atoms with van der Waals surface area (Å²) < 4.78 is 0. The number of aromatic amines is 1. The maximum atomic E-state index is 12.3. The molecule has 186 valence electrons. The van der Waals surface area contributed by atoms with Gasteiger partial charge < -0.3 is 25.8 Å². The number of aromatic nitrogens is 3. The average molecular weight is 478 g/mol. The highest BCUT2D eigenvalue weighted by atomic mass is 16.2. The first-order valence-electron chi connectivity index (χ1n) is 12.5. The Morgan fingerprint density at radius 1 is 1.17 bits per heavy atom. The molecular formula is C26H35N7O2. The Bertz CT molecular complexity index is 1200. The lowest BCUT2D eigenvalue weighted by Gasteiger charge is -2.16. The SMILES string of the molecule is CCCC1CCNC1.Cc1nc(Nc2cccc(NC(=O)N3CCCC3)c2)c2c(=O)[nH]ccc2n1. The standard InChI is InChI=1S/C19H20N6O2.C7H15N/c1-12-21-15-7-8-20-18(26)16(15)17(22-12)23-13-5-4-6-14(11-13)24-19(27)25-9-2-3-10-25;1-2-3-7-4-5-8-6-7/h4-8,11H,2-3,9-10H2,1H3,(H,20,26)(H,24,27)(H,21,22,23);7-8H,2-6H2,1H3. The Morgan fingerprint density at radius 3 is 2.71 bits per heavy atom. The van der Waals surface area contributed by atoms with Gasteiger partial charge in [-0.1, -0.05) is 19.4 Å². The highest BCUT2D eigenvalue weighted by molar-refractivity contribution is 5.92. The van der Waals surface area contributed by atoms with Crippen molar-refractivity contribution in [1.29, 1.82) is 0 Å². The number of H-pyrrole nitrogens is 1. The van der Waals surface area contributed by atoms with Crippen molar-refractivity contribution in [3.8, 4) is 0 Å². The van der Waals surface area contributed by atoms with E-state index < -0.39 is 0 Å². The number of hydrogen-bond acceptors (Lipinski definition) is 6. The number of urea groups is 1. The van der Waals surface area contributed by atoms with Crippen LogP contribution in [0.15, 0.2) is 41.3 Å². The number of aryl methyl sites for hydroxylation is 1. The van der Waals surface area contributed by atoms with E-state index in [0.29, 0.717) is 28.2 Å². The zero-order valence-electron chi connectivity index (χ0n) is 20.6. The average Bonchev–Trinajstić information content (AvgIpc) is 3.55. The number of anilines is 3. The molecule has 2 aliphatic rings. The van der Waals surface area contributed by atoms with E-state index in [-0.39, 0.29) is 11.6 Å². The van der Waals surface area contributed by atoms with Gasteiger partial charge in [0.15, 0.2) is 0 Å². The van der Waals surface area contributed by atoms with Gasteiger partial charge in [0.25, 0.3) is 5.56 Å². The van der Waals surface area contributed by atoms with E-state index in [9.17, 15) is 9.59 Å². The van der Waals surface area contributed by atoms with E-state index in [4.69, 9.17) is 0 Å². The Balaban J connectivity index is 0.000000308. The normalized spacial score (nSPS) is 17.2. The summed E-state index contributed by atoms with van der Waals surface area (Å²) in [5.41, 5.74) is 1.72. The lowest BCUT2D eigenvalue weighted by atomic mass is 10.0. The molecule has 4 heterocycles. The minimum absolute atomic E-state index is 0.0931. The van der Waals surface area contributed by atoms with E-state index in [2.05, 4.69) is 37.8 Å². The molecule has 2 aromatic heterocycles. The minimum atomic E-state index is -0.256. The third-order valence-electron chi connectivity index (χ3n) is 6.36. The maximum absolute atomic E-state index is 12.3. The number of carbonyl (C=O) groups is 1. The van der Waals surface area contributed by atoms with E-state index >= 15 is 0 Å². The van der Waals surface area contributed by atoms with Gasteiger partial charge in [0.1, 0.15) is 17.0 Å². The lowest BCUT2D eigenvalue weighted by molar-refractivity contribution is 0.222. The number of hydrogen-bond donors (Lipinski definition) is 4. The maximum Gasteiger partial charge on any atom is 0.321 e. The van der Waals surface area contributed by atoms with Gasteiger partial charge in [-0.25, -0.2) is 14.8 Å². The van der Waals surface area contributed by atoms with Crippen LogP contribution in [0.4, 0.5) is 22.0 Å². The molecule has 2 saturated heterocycles. The fourth-order valence-electron chi connectivity index (χ4n) is 4.60. The van der Waals surface area contributed by atoms with Crippen molar-refractivity contribution in [3.05, 3.63) is 52.7 Å². The van der Waals surface area contributed by atoms with E-state index in [1.165, 1.54) is 32.4 Å². The van der Waals surface area contributed by atoms with Crippen LogP contribution in [-0.4, -0.2) is 52.1 Å². The summed E-state index contributed by atoms with van der Waals surface area (Å²) in [5.74, 6) is 2.00. The van der Waals surface area contributed by atoms with Gasteiger partial charge in [-0.3, -0.25) is 4.79 Å². The first kappa shape index (κ1) is 24.7. The van der Waals surface area contributed by atoms with Crippen molar-refractivity contribution in [2.45, 2.75) is 46.0 Å². The van der Waals surface area contributed by atoms with E-state index in [0.717, 1.165) is 37.5 Å². The monoisotopic (exact) mass is 477 g/mol. The predicted octanol–water partition coefficient (Wildman–Crippen LogP) is 4.39. The minimum Gasteiger partial charge on any atom is -0.339 e. The first-order valence-corrected chi connectivity index (χ1v) is 12.5. The molecule has 2 fully saturated rings. The molecule has 1 unspecified atom stereocenters. The second-order valence-electron chi connectivity index (χ2n) is 9.16. The van der Waals surface area contributed by atoms with Crippen molar-refractivity contribution in [3.63, 3.8) is 0 Å². The van der Waals surface area contributed by atoms with E-state index in [1.807, 2.05) is 24.3 Å². The van der Waals surface area contributed by atoms with Crippen molar-refractivity contribution in [1.82, 2.24) is 25.2 Å². The van der Waals surface area contributed by atoms with Crippen LogP contribution in [0.25, 0.3) is 10.9 Å². The number of benzene rings is 1. The summed E-state index contributed by atoms with van der Waals surface area (Å²) in [7, 11) is 0. The van der Waals surface area contributed by atoms with Gasteiger partial charge in [0, 0.05) is 30.7 Å². The predicted molar refractivity (Wildman–Crippen MR) is 140 cm³/mol. The van der Waals surface area contributed by atoms with Crippen LogP contribution in [0.5, 0.6) is 0 Å². The van der Waals surface area contributed by atoms with Crippen molar-refractivity contribution in [2.24, 2.45) is 5.92 Å². The fraction of sp³-hybridized carbons (Fsp3) is 0.462. The van der Waals surface area contributed by atoms with Crippen LogP contribution in [0.2, 0.25) is 0 Å². The number of likely N-dealkylation sites (tertiary alicyclic amines) is 1. The molecule has 1 atom stereocenters. The Hall–Kier alpha value is -3.46. The molecular weight excluding hydrogens is 442 g/mol. The van der Waals surface area contributed by atoms with Crippen LogP contribution in [-0.2, 0) is 0 Å². The number of fused-ring (bicyclic) bond motifs is 1. The number of carbonyl (C=O) groups excluding carboxylic acids is 1. The van der Waals surface area contributed by atoms with Crippen molar-refractivity contribution < 1.29 is 4.79 Å². The summed E-state index contributed by atoms with van der Waals surface area (Å²) >= 11 is 0. The first-order chi connectivity index (χ1) is 17.0. The lowest BCUT2D eigenvalue weighted by Crippen LogP contribution is -2.32. The van der Waals surface area contributed by atoms with Crippen LogP contribution in [0.3, 0.4) is 0 Å². The topological polar surface area (TPSA) is 115 Å². The summed E-state index contributed by atoms with van der Waals surface area (Å²) in [6.45, 7) is 8.15. The molecule has 9 nitrogen and oxygen atoms in total. The zero-order chi connectivity index (χ0) is 24.6. The second kappa shape index (κ2) is 11.8. The van der Waals surface area contributed by atoms with Gasteiger partial charge in [0.05, 0.1) is 5.52 Å². The number of amides is 2. The molecule has 0 bridgehead atoms. The summed E-state index contributed by atoms with van der Waals surface area (Å²) in [6.07, 6.45) is 7.84. The molecule has 3 aromatic rings. The molecule has 9 heteroatoms. The molecule has 4 N–H and O–H groups in total. The van der Waals surface area contributed by atoms with Gasteiger partial charge >= 0.3 is 6.03 Å². The number of nitrogens with one attached hydrogen (secondary N) is 4. The van der Waals surface area contributed by atoms with Crippen molar-refractivity contribution in [2.75, 3.05) is 36.8 Å². The van der Waals surface area contributed by atoms with Gasteiger partial charge in [-0.2, -0.15) is 0 Å². The van der Waals surface area contributed by atoms with Crippen molar-refractivity contribution >= 4 is 34.1 Å². The molecule has 1 aromatic carbocycles. The molecule has 0 radical (unpaired) electrons. The Labute approximate surface area is 205 Å². The van der Waals surface area contributed by atoms with Crippen LogP contribution in [0, 0.1) is 12.8 Å². The molecule has 0 aliphatic carbocycles. The largest absolute Gasteiger partial charge is 0.339 e. The number of rotatable bonds is 5. The molecule has 35 heavy (non-hydrogen) atoms. The molecule has 5 rings (SSSR count). The van der Waals surface area contributed by atoms with Gasteiger partial charge in [0.2, 0.25) is 0 Å². The molecule has 2 amide bonds. The van der Waals surface area contributed by atoms with Crippen LogP contribution >= 0.6 is 0 Å². The molecule has 0 spiro atoms. The summed E-state index contributed by atoms with van der Waals surface area (Å²) in [5, 5.41) is 9.85. The van der Waals surface area contributed by atoms with E-state index in [1.54, 1.807) is 24.1 Å². The Kier molecular flexibility index (Phi) is 8.31. The quantitative estimate of drug-likeness (QED) is 0.433. The number of nitrogens with zero attached hydrogens (tertiary/aromatic N) is 3. The highest BCUT2D eigenvalue weighted by Crippen LogP contribution is 2.23. The summed E-state index contributed by atoms with van der Waals surface area (Å²) in [4.78, 5) is 37.6. The molecule has 2 aliphatic heterocycles. The van der Waals surface area contributed by atoms with Crippen LogP contribution in [0.1, 0.15) is 44.9 Å². The number of pyridine rings is 1. The van der Waals surface area contributed by atoms with Gasteiger partial charge in [-0.05, 0) is 75.9 Å². The molecule has 0 saturated carbocycles. The fourth-order valence-corrected chi connectivity index (χ4v) is 4.60. The van der Waals surface area contributed by atoms with Crippen LogP contribution < -0.4 is 21.5 Å².